The van der Waals surface area contributed by atoms with Gasteiger partial charge in [-0.3, -0.25) is 0 Å². The molecule has 0 spiro atoms. The molecule has 0 fully saturated rings. The second-order valence-electron chi connectivity index (χ2n) is 4.64. The molecular weight excluding hydrogens is 184 g/mol. The summed E-state index contributed by atoms with van der Waals surface area (Å²) in [5.74, 6) is 0. The Morgan fingerprint density at radius 3 is 2.40 bits per heavy atom. The second kappa shape index (κ2) is 6.84. The number of rotatable bonds is 1. The summed E-state index contributed by atoms with van der Waals surface area (Å²) in [5.41, 5.74) is -0.657. The minimum Gasteiger partial charge on any atom is -0.385 e. The molecule has 0 aromatic heterocycles. The van der Waals surface area contributed by atoms with Gasteiger partial charge in [-0.2, -0.15) is 0 Å². The van der Waals surface area contributed by atoms with Crippen LogP contribution in [0.5, 0.6) is 0 Å². The van der Waals surface area contributed by atoms with Crippen LogP contribution in [0.4, 0.5) is 0 Å². The summed E-state index contributed by atoms with van der Waals surface area (Å²) < 4.78 is 0. The van der Waals surface area contributed by atoms with Gasteiger partial charge in [0, 0.05) is 0 Å². The zero-order valence-corrected chi connectivity index (χ0v) is 9.75. The summed E-state index contributed by atoms with van der Waals surface area (Å²) in [5, 5.41) is 10.2. The Morgan fingerprint density at radius 1 is 1.00 bits per heavy atom. The van der Waals surface area contributed by atoms with E-state index in [1.807, 2.05) is 0 Å². The van der Waals surface area contributed by atoms with Crippen molar-refractivity contribution in [1.29, 1.82) is 0 Å². The lowest BCUT2D eigenvalue weighted by Crippen LogP contribution is -2.24. The van der Waals surface area contributed by atoms with Gasteiger partial charge >= 0.3 is 0 Å². The van der Waals surface area contributed by atoms with E-state index in [9.17, 15) is 5.11 Å². The highest BCUT2D eigenvalue weighted by molar-refractivity contribution is 5.01. The second-order valence-corrected chi connectivity index (χ2v) is 4.64. The fourth-order valence-electron chi connectivity index (χ4n) is 2.09. The first-order valence-electron chi connectivity index (χ1n) is 6.28. The van der Waals surface area contributed by atoms with Gasteiger partial charge in [0.05, 0.1) is 5.60 Å². The van der Waals surface area contributed by atoms with E-state index in [1.54, 1.807) is 6.08 Å². The van der Waals surface area contributed by atoms with E-state index >= 15 is 0 Å². The van der Waals surface area contributed by atoms with Crippen LogP contribution in [-0.2, 0) is 0 Å². The van der Waals surface area contributed by atoms with E-state index in [4.69, 9.17) is 0 Å². The number of hydrogen-bond donors (Lipinski definition) is 1. The molecule has 0 saturated heterocycles. The SMILES string of the molecule is C=CC1(O)C/C=C\CCCCCCCC1. The number of hydrogen-bond acceptors (Lipinski definition) is 1. The van der Waals surface area contributed by atoms with Gasteiger partial charge in [-0.15, -0.1) is 6.58 Å². The summed E-state index contributed by atoms with van der Waals surface area (Å²) in [6, 6.07) is 0. The Balaban J connectivity index is 2.46. The molecule has 0 aromatic carbocycles. The first kappa shape index (κ1) is 12.5. The number of allylic oxidation sites excluding steroid dienone is 1. The van der Waals surface area contributed by atoms with Crippen molar-refractivity contribution in [3.05, 3.63) is 24.8 Å². The van der Waals surface area contributed by atoms with E-state index in [0.717, 1.165) is 25.7 Å². The zero-order chi connectivity index (χ0) is 11.0. The van der Waals surface area contributed by atoms with E-state index in [2.05, 4.69) is 18.7 Å². The van der Waals surface area contributed by atoms with Gasteiger partial charge in [-0.05, 0) is 25.7 Å². The van der Waals surface area contributed by atoms with E-state index < -0.39 is 5.60 Å². The van der Waals surface area contributed by atoms with Crippen molar-refractivity contribution in [3.63, 3.8) is 0 Å². The monoisotopic (exact) mass is 208 g/mol. The molecule has 1 aliphatic rings. The van der Waals surface area contributed by atoms with Crippen molar-refractivity contribution in [3.8, 4) is 0 Å². The van der Waals surface area contributed by atoms with Crippen LogP contribution >= 0.6 is 0 Å². The molecule has 1 aliphatic carbocycles. The largest absolute Gasteiger partial charge is 0.385 e. The molecule has 1 heteroatoms. The van der Waals surface area contributed by atoms with Crippen LogP contribution in [0.3, 0.4) is 0 Å². The highest BCUT2D eigenvalue weighted by atomic mass is 16.3. The van der Waals surface area contributed by atoms with Crippen LogP contribution in [0, 0.1) is 0 Å². The topological polar surface area (TPSA) is 20.2 Å². The van der Waals surface area contributed by atoms with Gasteiger partial charge in [0.2, 0.25) is 0 Å². The summed E-state index contributed by atoms with van der Waals surface area (Å²) in [6.45, 7) is 3.74. The van der Waals surface area contributed by atoms with Crippen LogP contribution in [0.25, 0.3) is 0 Å². The van der Waals surface area contributed by atoms with Gasteiger partial charge in [-0.25, -0.2) is 0 Å². The Kier molecular flexibility index (Phi) is 5.70. The van der Waals surface area contributed by atoms with Gasteiger partial charge in [0.25, 0.3) is 0 Å². The average molecular weight is 208 g/mol. The molecule has 0 aromatic rings. The third kappa shape index (κ3) is 5.17. The third-order valence-corrected chi connectivity index (χ3v) is 3.25. The third-order valence-electron chi connectivity index (χ3n) is 3.25. The van der Waals surface area contributed by atoms with Crippen LogP contribution in [0.1, 0.15) is 57.8 Å². The van der Waals surface area contributed by atoms with Crippen molar-refractivity contribution in [1.82, 2.24) is 0 Å². The van der Waals surface area contributed by atoms with E-state index in [-0.39, 0.29) is 0 Å². The fraction of sp³-hybridized carbons (Fsp3) is 0.714. The summed E-state index contributed by atoms with van der Waals surface area (Å²) in [6.07, 6.45) is 16.5. The van der Waals surface area contributed by atoms with Crippen molar-refractivity contribution in [2.45, 2.75) is 63.4 Å². The van der Waals surface area contributed by atoms with Crippen molar-refractivity contribution in [2.24, 2.45) is 0 Å². The van der Waals surface area contributed by atoms with Crippen LogP contribution in [0.2, 0.25) is 0 Å². The molecule has 15 heavy (non-hydrogen) atoms. The molecule has 1 rings (SSSR count). The Bertz CT molecular complexity index is 207. The van der Waals surface area contributed by atoms with Crippen LogP contribution in [0.15, 0.2) is 24.8 Å². The maximum atomic E-state index is 10.2. The minimum atomic E-state index is -0.657. The lowest BCUT2D eigenvalue weighted by atomic mass is 9.91. The Labute approximate surface area is 93.9 Å². The minimum absolute atomic E-state index is 0.657. The molecule has 0 bridgehead atoms. The standard InChI is InChI=1S/C14H24O/c1-2-14(15)12-10-8-6-4-3-5-7-9-11-13-14/h2,8,10,15H,1,3-7,9,11-13H2/b10-8-. The maximum absolute atomic E-state index is 10.2. The van der Waals surface area contributed by atoms with Crippen molar-refractivity contribution >= 4 is 0 Å². The first-order chi connectivity index (χ1) is 7.27. The fourth-order valence-corrected chi connectivity index (χ4v) is 2.09. The normalized spacial score (nSPS) is 32.3. The summed E-state index contributed by atoms with van der Waals surface area (Å²) in [4.78, 5) is 0. The van der Waals surface area contributed by atoms with Gasteiger partial charge < -0.3 is 5.11 Å². The van der Waals surface area contributed by atoms with Crippen molar-refractivity contribution < 1.29 is 5.11 Å². The molecule has 86 valence electrons. The molecular formula is C14H24O. The van der Waals surface area contributed by atoms with E-state index in [0.29, 0.717) is 0 Å². The lowest BCUT2D eigenvalue weighted by molar-refractivity contribution is 0.0817. The zero-order valence-electron chi connectivity index (χ0n) is 9.75. The highest BCUT2D eigenvalue weighted by Crippen LogP contribution is 2.22. The smallest absolute Gasteiger partial charge is 0.0859 e. The van der Waals surface area contributed by atoms with Crippen LogP contribution < -0.4 is 0 Å². The number of aliphatic hydroxyl groups is 1. The molecule has 1 nitrogen and oxygen atoms in total. The molecule has 0 aliphatic heterocycles. The van der Waals surface area contributed by atoms with E-state index in [1.165, 1.54) is 32.1 Å². The molecule has 0 radical (unpaired) electrons. The van der Waals surface area contributed by atoms with Crippen molar-refractivity contribution in [2.75, 3.05) is 0 Å². The maximum Gasteiger partial charge on any atom is 0.0859 e. The average Bonchev–Trinajstić information content (AvgIpc) is 2.23. The van der Waals surface area contributed by atoms with Gasteiger partial charge in [0.15, 0.2) is 0 Å². The Hall–Kier alpha value is -0.560. The van der Waals surface area contributed by atoms with Gasteiger partial charge in [0.1, 0.15) is 0 Å². The quantitative estimate of drug-likeness (QED) is 0.646. The predicted octanol–water partition coefficient (Wildman–Crippen LogP) is 3.98. The molecule has 0 saturated carbocycles. The molecule has 1 unspecified atom stereocenters. The lowest BCUT2D eigenvalue weighted by Gasteiger charge is -2.23. The molecule has 0 heterocycles. The molecule has 0 amide bonds. The Morgan fingerprint density at radius 2 is 1.67 bits per heavy atom. The first-order valence-corrected chi connectivity index (χ1v) is 6.28. The molecule has 1 N–H and O–H groups in total. The summed E-state index contributed by atoms with van der Waals surface area (Å²) in [7, 11) is 0. The van der Waals surface area contributed by atoms with Gasteiger partial charge in [-0.1, -0.05) is 50.3 Å². The predicted molar refractivity (Wildman–Crippen MR) is 65.8 cm³/mol. The summed E-state index contributed by atoms with van der Waals surface area (Å²) >= 11 is 0. The highest BCUT2D eigenvalue weighted by Gasteiger charge is 2.20. The van der Waals surface area contributed by atoms with Crippen LogP contribution in [-0.4, -0.2) is 10.7 Å². The molecule has 1 atom stereocenters.